The van der Waals surface area contributed by atoms with Crippen LogP contribution in [0.15, 0.2) is 29.1 Å². The second-order valence-electron chi connectivity index (χ2n) is 4.51. The molecule has 90 valence electrons. The number of aryl methyl sites for hydroxylation is 1. The molecular formula is C13H15NO2S. The van der Waals surface area contributed by atoms with Crippen LogP contribution in [0, 0.1) is 5.92 Å². The van der Waals surface area contributed by atoms with Crippen molar-refractivity contribution in [2.75, 3.05) is 13.2 Å². The van der Waals surface area contributed by atoms with Gasteiger partial charge in [0.2, 0.25) is 0 Å². The van der Waals surface area contributed by atoms with Crippen molar-refractivity contribution in [3.8, 4) is 0 Å². The highest BCUT2D eigenvalue weighted by Gasteiger charge is 2.16. The van der Waals surface area contributed by atoms with Gasteiger partial charge in [0, 0.05) is 19.8 Å². The summed E-state index contributed by atoms with van der Waals surface area (Å²) in [6.45, 7) is 2.57. The third kappa shape index (κ3) is 2.15. The summed E-state index contributed by atoms with van der Waals surface area (Å²) in [4.78, 5) is 12.1. The van der Waals surface area contributed by atoms with E-state index in [0.717, 1.165) is 42.7 Å². The number of hydrogen-bond acceptors (Lipinski definition) is 3. The first-order chi connectivity index (χ1) is 8.34. The minimum absolute atomic E-state index is 0.157. The summed E-state index contributed by atoms with van der Waals surface area (Å²) >= 11 is 1.57. The topological polar surface area (TPSA) is 31.2 Å². The Bertz CT molecular complexity index is 566. The highest BCUT2D eigenvalue weighted by molar-refractivity contribution is 7.13. The average molecular weight is 249 g/mol. The van der Waals surface area contributed by atoms with Crippen LogP contribution in [0.4, 0.5) is 0 Å². The van der Waals surface area contributed by atoms with Gasteiger partial charge in [-0.15, -0.1) is 0 Å². The molecule has 4 heteroatoms. The zero-order valence-corrected chi connectivity index (χ0v) is 10.4. The Morgan fingerprint density at radius 3 is 3.06 bits per heavy atom. The molecule has 1 aromatic carbocycles. The van der Waals surface area contributed by atoms with E-state index in [4.69, 9.17) is 4.74 Å². The molecule has 2 aromatic rings. The van der Waals surface area contributed by atoms with E-state index in [1.807, 2.05) is 28.2 Å². The van der Waals surface area contributed by atoms with E-state index in [-0.39, 0.29) is 5.56 Å². The molecule has 1 fully saturated rings. The molecule has 1 aliphatic heterocycles. The number of aromatic nitrogens is 1. The van der Waals surface area contributed by atoms with Gasteiger partial charge in [-0.3, -0.25) is 8.75 Å². The minimum atomic E-state index is 0.157. The molecule has 17 heavy (non-hydrogen) atoms. The average Bonchev–Trinajstić information content (AvgIpc) is 2.96. The Morgan fingerprint density at radius 2 is 2.29 bits per heavy atom. The van der Waals surface area contributed by atoms with Crippen LogP contribution in [0.3, 0.4) is 0 Å². The van der Waals surface area contributed by atoms with Crippen LogP contribution in [0.25, 0.3) is 10.1 Å². The molecule has 2 heterocycles. The fraction of sp³-hybridized carbons (Fsp3) is 0.462. The SMILES string of the molecule is O=c1c2ccccc2sn1CC[C@H]1CCOC1. The largest absolute Gasteiger partial charge is 0.381 e. The van der Waals surface area contributed by atoms with Gasteiger partial charge >= 0.3 is 0 Å². The van der Waals surface area contributed by atoms with Crippen LogP contribution in [0.2, 0.25) is 0 Å². The van der Waals surface area contributed by atoms with E-state index in [1.54, 1.807) is 11.5 Å². The number of ether oxygens (including phenoxy) is 1. The maximum Gasteiger partial charge on any atom is 0.268 e. The van der Waals surface area contributed by atoms with Crippen molar-refractivity contribution in [2.24, 2.45) is 5.92 Å². The van der Waals surface area contributed by atoms with E-state index in [0.29, 0.717) is 5.92 Å². The van der Waals surface area contributed by atoms with Crippen LogP contribution >= 0.6 is 11.5 Å². The summed E-state index contributed by atoms with van der Waals surface area (Å²) in [5, 5.41) is 0.847. The molecule has 0 bridgehead atoms. The van der Waals surface area contributed by atoms with Gasteiger partial charge in [-0.05, 0) is 30.9 Å². The van der Waals surface area contributed by atoms with Crippen molar-refractivity contribution < 1.29 is 4.74 Å². The van der Waals surface area contributed by atoms with Gasteiger partial charge in [0.25, 0.3) is 5.56 Å². The fourth-order valence-electron chi connectivity index (χ4n) is 2.28. The highest BCUT2D eigenvalue weighted by atomic mass is 32.1. The molecule has 0 radical (unpaired) electrons. The lowest BCUT2D eigenvalue weighted by molar-refractivity contribution is 0.183. The van der Waals surface area contributed by atoms with E-state index in [2.05, 4.69) is 0 Å². The minimum Gasteiger partial charge on any atom is -0.381 e. The lowest BCUT2D eigenvalue weighted by Gasteiger charge is -2.06. The fourth-order valence-corrected chi connectivity index (χ4v) is 3.28. The van der Waals surface area contributed by atoms with Crippen molar-refractivity contribution in [1.82, 2.24) is 3.96 Å². The lowest BCUT2D eigenvalue weighted by atomic mass is 10.1. The number of rotatable bonds is 3. The van der Waals surface area contributed by atoms with Gasteiger partial charge in [-0.25, -0.2) is 0 Å². The van der Waals surface area contributed by atoms with E-state index >= 15 is 0 Å². The van der Waals surface area contributed by atoms with E-state index in [1.165, 1.54) is 0 Å². The zero-order valence-electron chi connectivity index (χ0n) is 9.59. The van der Waals surface area contributed by atoms with Crippen molar-refractivity contribution in [1.29, 1.82) is 0 Å². The molecule has 1 aromatic heterocycles. The third-order valence-corrected chi connectivity index (χ3v) is 4.44. The van der Waals surface area contributed by atoms with Crippen LogP contribution in [0.5, 0.6) is 0 Å². The molecule has 0 unspecified atom stereocenters. The van der Waals surface area contributed by atoms with Gasteiger partial charge in [0.05, 0.1) is 10.1 Å². The maximum absolute atomic E-state index is 12.1. The Balaban J connectivity index is 1.80. The van der Waals surface area contributed by atoms with Crippen LogP contribution in [-0.2, 0) is 11.3 Å². The van der Waals surface area contributed by atoms with Crippen molar-refractivity contribution >= 4 is 21.6 Å². The van der Waals surface area contributed by atoms with Crippen LogP contribution < -0.4 is 5.56 Å². The van der Waals surface area contributed by atoms with E-state index < -0.39 is 0 Å². The Labute approximate surface area is 104 Å². The van der Waals surface area contributed by atoms with Gasteiger partial charge in [-0.1, -0.05) is 23.7 Å². The standard InChI is InChI=1S/C13H15NO2S/c15-13-11-3-1-2-4-12(11)17-14(13)7-5-10-6-8-16-9-10/h1-4,10H,5-9H2/t10-/m0/s1. The summed E-state index contributed by atoms with van der Waals surface area (Å²) in [6, 6.07) is 7.82. The van der Waals surface area contributed by atoms with Gasteiger partial charge in [-0.2, -0.15) is 0 Å². The molecule has 1 atom stereocenters. The number of benzene rings is 1. The van der Waals surface area contributed by atoms with Crippen LogP contribution in [0.1, 0.15) is 12.8 Å². The molecular weight excluding hydrogens is 234 g/mol. The van der Waals surface area contributed by atoms with Gasteiger partial charge in [0.15, 0.2) is 0 Å². The molecule has 0 aliphatic carbocycles. The zero-order chi connectivity index (χ0) is 11.7. The summed E-state index contributed by atoms with van der Waals surface area (Å²) in [5.74, 6) is 0.632. The molecule has 0 amide bonds. The predicted molar refractivity (Wildman–Crippen MR) is 69.6 cm³/mol. The summed E-state index contributed by atoms with van der Waals surface area (Å²) < 4.78 is 8.31. The molecule has 1 saturated heterocycles. The Morgan fingerprint density at radius 1 is 1.41 bits per heavy atom. The van der Waals surface area contributed by atoms with Crippen molar-refractivity contribution in [3.05, 3.63) is 34.6 Å². The monoisotopic (exact) mass is 249 g/mol. The van der Waals surface area contributed by atoms with Crippen molar-refractivity contribution in [3.63, 3.8) is 0 Å². The first kappa shape index (κ1) is 11.0. The first-order valence-corrected chi connectivity index (χ1v) is 6.78. The molecule has 3 nitrogen and oxygen atoms in total. The lowest BCUT2D eigenvalue weighted by Crippen LogP contribution is -2.15. The summed E-state index contributed by atoms with van der Waals surface area (Å²) in [7, 11) is 0. The Kier molecular flexibility index (Phi) is 2.99. The molecule has 0 spiro atoms. The molecule has 1 aliphatic rings. The second kappa shape index (κ2) is 4.63. The predicted octanol–water partition coefficient (Wildman–Crippen LogP) is 2.49. The van der Waals surface area contributed by atoms with Gasteiger partial charge in [0.1, 0.15) is 0 Å². The molecule has 0 N–H and O–H groups in total. The van der Waals surface area contributed by atoms with E-state index in [9.17, 15) is 4.79 Å². The maximum atomic E-state index is 12.1. The summed E-state index contributed by atoms with van der Waals surface area (Å²) in [6.07, 6.45) is 2.19. The normalized spacial score (nSPS) is 20.1. The second-order valence-corrected chi connectivity index (χ2v) is 5.58. The Hall–Kier alpha value is -1.13. The van der Waals surface area contributed by atoms with Crippen LogP contribution in [-0.4, -0.2) is 17.2 Å². The smallest absolute Gasteiger partial charge is 0.268 e. The number of hydrogen-bond donors (Lipinski definition) is 0. The quantitative estimate of drug-likeness (QED) is 0.837. The molecule has 3 rings (SSSR count). The first-order valence-electron chi connectivity index (χ1n) is 6.01. The third-order valence-electron chi connectivity index (χ3n) is 3.32. The van der Waals surface area contributed by atoms with Crippen molar-refractivity contribution in [2.45, 2.75) is 19.4 Å². The van der Waals surface area contributed by atoms with Gasteiger partial charge < -0.3 is 4.74 Å². The summed E-state index contributed by atoms with van der Waals surface area (Å²) in [5.41, 5.74) is 0.157. The number of fused-ring (bicyclic) bond motifs is 1. The number of nitrogens with zero attached hydrogens (tertiary/aromatic N) is 1. The highest BCUT2D eigenvalue weighted by Crippen LogP contribution is 2.20. The molecule has 0 saturated carbocycles.